The van der Waals surface area contributed by atoms with Crippen LogP contribution in [0.25, 0.3) is 0 Å². The molecule has 56 valence electrons. The molecule has 0 unspecified atom stereocenters. The van der Waals surface area contributed by atoms with Crippen LogP contribution in [0, 0.1) is 0 Å². The van der Waals surface area contributed by atoms with Crippen molar-refractivity contribution in [3.05, 3.63) is 36.0 Å². The molecule has 0 radical (unpaired) electrons. The number of hydrogen-bond acceptors (Lipinski definition) is 2. The zero-order valence-electron chi connectivity index (χ0n) is 5.97. The Balaban J connectivity index is 4.21. The molecule has 0 amide bonds. The highest BCUT2D eigenvalue weighted by atomic mass is 35.5. The first-order valence-corrected chi connectivity index (χ1v) is 3.13. The average Bonchev–Trinajstić information content (AvgIpc) is 1.87. The molecule has 0 aliphatic heterocycles. The zero-order valence-corrected chi connectivity index (χ0v) is 6.73. The third-order valence-corrected chi connectivity index (χ3v) is 1.31. The standard InChI is InChI=1S/C7H11ClN2/c1-4-5-7(8)6(2)10(3)9/h4-5H,1-2,9H2,3H3/b7-5+. The lowest BCUT2D eigenvalue weighted by atomic mass is 10.4. The summed E-state index contributed by atoms with van der Waals surface area (Å²) in [5, 5.41) is 1.85. The number of hydrogen-bond donors (Lipinski definition) is 1. The number of hydrazine groups is 1. The Morgan fingerprint density at radius 3 is 2.50 bits per heavy atom. The molecule has 0 aliphatic carbocycles. The molecule has 0 bridgehead atoms. The van der Waals surface area contributed by atoms with Gasteiger partial charge in [0.15, 0.2) is 0 Å². The second kappa shape index (κ2) is 4.14. The van der Waals surface area contributed by atoms with E-state index in [-0.39, 0.29) is 0 Å². The smallest absolute Gasteiger partial charge is 0.0646 e. The fraction of sp³-hybridized carbons (Fsp3) is 0.143. The molecule has 0 aromatic rings. The van der Waals surface area contributed by atoms with Crippen LogP contribution in [-0.2, 0) is 0 Å². The van der Waals surface area contributed by atoms with Gasteiger partial charge in [-0.1, -0.05) is 30.8 Å². The second-order valence-corrected chi connectivity index (χ2v) is 2.22. The molecule has 0 fully saturated rings. The Morgan fingerprint density at radius 2 is 2.20 bits per heavy atom. The normalized spacial score (nSPS) is 10.9. The van der Waals surface area contributed by atoms with Gasteiger partial charge in [0, 0.05) is 7.05 Å². The summed E-state index contributed by atoms with van der Waals surface area (Å²) < 4.78 is 0. The third-order valence-electron chi connectivity index (χ3n) is 0.966. The topological polar surface area (TPSA) is 29.3 Å². The molecule has 0 saturated carbocycles. The van der Waals surface area contributed by atoms with Crippen molar-refractivity contribution in [2.45, 2.75) is 0 Å². The fourth-order valence-electron chi connectivity index (χ4n) is 0.368. The van der Waals surface area contributed by atoms with Crippen molar-refractivity contribution in [2.24, 2.45) is 5.84 Å². The molecule has 0 spiro atoms. The van der Waals surface area contributed by atoms with Crippen molar-refractivity contribution in [2.75, 3.05) is 7.05 Å². The number of rotatable bonds is 3. The van der Waals surface area contributed by atoms with Gasteiger partial charge in [0.25, 0.3) is 0 Å². The van der Waals surface area contributed by atoms with E-state index in [0.717, 1.165) is 0 Å². The number of likely N-dealkylation sites (N-methyl/N-ethyl adjacent to an activating group) is 1. The van der Waals surface area contributed by atoms with Crippen molar-refractivity contribution in [3.63, 3.8) is 0 Å². The Hall–Kier alpha value is -0.730. The molecular formula is C7H11ClN2. The molecule has 0 aromatic carbocycles. The lowest BCUT2D eigenvalue weighted by Crippen LogP contribution is -2.24. The predicted octanol–water partition coefficient (Wildman–Crippen LogP) is 1.61. The SMILES string of the molecule is C=C/C=C(/Cl)C(=C)N(C)N. The van der Waals surface area contributed by atoms with Crippen molar-refractivity contribution < 1.29 is 0 Å². The summed E-state index contributed by atoms with van der Waals surface area (Å²) in [7, 11) is 1.67. The van der Waals surface area contributed by atoms with Gasteiger partial charge in [0.2, 0.25) is 0 Å². The highest BCUT2D eigenvalue weighted by Gasteiger charge is 1.98. The first kappa shape index (κ1) is 9.27. The first-order chi connectivity index (χ1) is 4.59. The summed E-state index contributed by atoms with van der Waals surface area (Å²) in [6.07, 6.45) is 3.21. The van der Waals surface area contributed by atoms with E-state index in [9.17, 15) is 0 Å². The van der Waals surface area contributed by atoms with E-state index in [4.69, 9.17) is 17.4 Å². The minimum Gasteiger partial charge on any atom is -0.313 e. The summed E-state index contributed by atoms with van der Waals surface area (Å²) in [6.45, 7) is 7.11. The summed E-state index contributed by atoms with van der Waals surface area (Å²) in [5.74, 6) is 5.34. The number of halogens is 1. The molecule has 0 saturated heterocycles. The van der Waals surface area contributed by atoms with Crippen LogP contribution in [0.5, 0.6) is 0 Å². The molecule has 2 nitrogen and oxygen atoms in total. The van der Waals surface area contributed by atoms with Crippen LogP contribution in [0.2, 0.25) is 0 Å². The summed E-state index contributed by atoms with van der Waals surface area (Å²) >= 11 is 5.70. The molecule has 0 aliphatic rings. The molecule has 3 heteroatoms. The maximum Gasteiger partial charge on any atom is 0.0646 e. The van der Waals surface area contributed by atoms with Gasteiger partial charge in [0.1, 0.15) is 0 Å². The highest BCUT2D eigenvalue weighted by molar-refractivity contribution is 6.31. The van der Waals surface area contributed by atoms with Crippen molar-refractivity contribution in [3.8, 4) is 0 Å². The lowest BCUT2D eigenvalue weighted by molar-refractivity contribution is 0.455. The minimum absolute atomic E-state index is 0.500. The van der Waals surface area contributed by atoms with E-state index in [0.29, 0.717) is 10.7 Å². The molecule has 2 N–H and O–H groups in total. The van der Waals surface area contributed by atoms with Gasteiger partial charge in [0.05, 0.1) is 10.7 Å². The van der Waals surface area contributed by atoms with Crippen LogP contribution in [0.4, 0.5) is 0 Å². The van der Waals surface area contributed by atoms with Gasteiger partial charge < -0.3 is 5.01 Å². The van der Waals surface area contributed by atoms with E-state index in [1.54, 1.807) is 19.2 Å². The fourth-order valence-corrected chi connectivity index (χ4v) is 0.591. The number of nitrogens with zero attached hydrogens (tertiary/aromatic N) is 1. The van der Waals surface area contributed by atoms with E-state index in [2.05, 4.69) is 13.2 Å². The second-order valence-electron chi connectivity index (χ2n) is 1.81. The molecular weight excluding hydrogens is 148 g/mol. The maximum absolute atomic E-state index is 5.70. The van der Waals surface area contributed by atoms with Gasteiger partial charge in [-0.05, 0) is 6.08 Å². The van der Waals surface area contributed by atoms with Gasteiger partial charge in [-0.25, -0.2) is 5.84 Å². The van der Waals surface area contributed by atoms with Gasteiger partial charge in [-0.15, -0.1) is 0 Å². The third kappa shape index (κ3) is 2.71. The largest absolute Gasteiger partial charge is 0.313 e. The van der Waals surface area contributed by atoms with Crippen LogP contribution in [0.3, 0.4) is 0 Å². The molecule has 0 atom stereocenters. The minimum atomic E-state index is 0.500. The number of allylic oxidation sites excluding steroid dienone is 3. The Morgan fingerprint density at radius 1 is 1.70 bits per heavy atom. The van der Waals surface area contributed by atoms with Gasteiger partial charge in [-0.2, -0.15) is 0 Å². The summed E-state index contributed by atoms with van der Waals surface area (Å²) in [4.78, 5) is 0. The number of nitrogens with two attached hydrogens (primary N) is 1. The first-order valence-electron chi connectivity index (χ1n) is 2.75. The van der Waals surface area contributed by atoms with Gasteiger partial charge in [-0.3, -0.25) is 0 Å². The van der Waals surface area contributed by atoms with E-state index in [1.807, 2.05) is 0 Å². The van der Waals surface area contributed by atoms with Crippen LogP contribution in [0.15, 0.2) is 36.0 Å². The van der Waals surface area contributed by atoms with E-state index >= 15 is 0 Å². The van der Waals surface area contributed by atoms with Crippen LogP contribution < -0.4 is 5.84 Å². The molecule has 10 heavy (non-hydrogen) atoms. The Bertz CT molecular complexity index is 170. The van der Waals surface area contributed by atoms with Crippen LogP contribution in [-0.4, -0.2) is 12.1 Å². The predicted molar refractivity (Wildman–Crippen MR) is 45.2 cm³/mol. The summed E-state index contributed by atoms with van der Waals surface area (Å²) in [5.41, 5.74) is 0.571. The molecule has 0 heterocycles. The van der Waals surface area contributed by atoms with E-state index in [1.165, 1.54) is 5.01 Å². The van der Waals surface area contributed by atoms with Crippen molar-refractivity contribution in [1.29, 1.82) is 0 Å². The quantitative estimate of drug-likeness (QED) is 0.384. The summed E-state index contributed by atoms with van der Waals surface area (Å²) in [6, 6.07) is 0. The van der Waals surface area contributed by atoms with E-state index < -0.39 is 0 Å². The zero-order chi connectivity index (χ0) is 8.15. The van der Waals surface area contributed by atoms with Crippen LogP contribution in [0.1, 0.15) is 0 Å². The van der Waals surface area contributed by atoms with Crippen molar-refractivity contribution >= 4 is 11.6 Å². The maximum atomic E-state index is 5.70. The molecule has 0 aromatic heterocycles. The Labute approximate surface area is 66.2 Å². The highest BCUT2D eigenvalue weighted by Crippen LogP contribution is 2.12. The monoisotopic (exact) mass is 158 g/mol. The van der Waals surface area contributed by atoms with Crippen LogP contribution >= 0.6 is 11.6 Å². The molecule has 0 rings (SSSR count). The average molecular weight is 159 g/mol. The Kier molecular flexibility index (Phi) is 3.84. The van der Waals surface area contributed by atoms with Crippen molar-refractivity contribution in [1.82, 2.24) is 5.01 Å². The lowest BCUT2D eigenvalue weighted by Gasteiger charge is -2.13. The van der Waals surface area contributed by atoms with Gasteiger partial charge >= 0.3 is 0 Å².